The number of ether oxygens (including phenoxy) is 1. The molecule has 2 heterocycles. The number of likely N-dealkylation sites (tertiary alicyclic amines) is 1. The van der Waals surface area contributed by atoms with E-state index in [1.165, 1.54) is 0 Å². The summed E-state index contributed by atoms with van der Waals surface area (Å²) in [5.41, 5.74) is -3.94. The normalized spacial score (nSPS) is 27.6. The molecule has 1 spiro atoms. The average Bonchev–Trinajstić information content (AvgIpc) is 2.99. The Morgan fingerprint density at radius 2 is 2.25 bits per heavy atom. The Hall–Kier alpha value is -0.630. The molecule has 2 rings (SSSR count). The van der Waals surface area contributed by atoms with Gasteiger partial charge in [-0.15, -0.1) is 0 Å². The summed E-state index contributed by atoms with van der Waals surface area (Å²) in [6.07, 6.45) is 2.12. The molecule has 116 valence electrons. The van der Waals surface area contributed by atoms with Gasteiger partial charge in [0.1, 0.15) is 0 Å². The molecule has 0 amide bonds. The average molecular weight is 311 g/mol. The van der Waals surface area contributed by atoms with Crippen LogP contribution in [-0.4, -0.2) is 62.0 Å². The number of hydrogen-bond donors (Lipinski definition) is 1. The van der Waals surface area contributed by atoms with Crippen molar-refractivity contribution >= 4 is 17.7 Å². The van der Waals surface area contributed by atoms with Gasteiger partial charge < -0.3 is 15.0 Å². The van der Waals surface area contributed by atoms with Crippen molar-refractivity contribution in [3.63, 3.8) is 0 Å². The van der Waals surface area contributed by atoms with Gasteiger partial charge in [-0.3, -0.25) is 4.99 Å². The number of thioether (sulfide) groups is 1. The van der Waals surface area contributed by atoms with E-state index in [2.05, 4.69) is 15.2 Å². The van der Waals surface area contributed by atoms with E-state index in [4.69, 9.17) is 4.74 Å². The fourth-order valence-corrected chi connectivity index (χ4v) is 3.18. The highest BCUT2D eigenvalue weighted by Crippen LogP contribution is 2.38. The fraction of sp³-hybridized carbons (Fsp3) is 0.917. The second-order valence-electron chi connectivity index (χ2n) is 5.24. The maximum absolute atomic E-state index is 12.0. The van der Waals surface area contributed by atoms with E-state index in [-0.39, 0.29) is 29.5 Å². The predicted molar refractivity (Wildman–Crippen MR) is 73.9 cm³/mol. The maximum atomic E-state index is 12.0. The van der Waals surface area contributed by atoms with E-state index in [0.29, 0.717) is 5.96 Å². The quantitative estimate of drug-likeness (QED) is 0.491. The number of nitrogens with one attached hydrogen (secondary N) is 1. The number of aliphatic imine (C=N–C) groups is 1. The second-order valence-corrected chi connectivity index (χ2v) is 6.40. The monoisotopic (exact) mass is 311 g/mol. The van der Waals surface area contributed by atoms with Gasteiger partial charge in [-0.2, -0.15) is 13.2 Å². The molecule has 0 aromatic carbocycles. The lowest BCUT2D eigenvalue weighted by molar-refractivity contribution is -0.0327. The predicted octanol–water partition coefficient (Wildman–Crippen LogP) is 1.93. The highest BCUT2D eigenvalue weighted by atomic mass is 32.2. The zero-order valence-corrected chi connectivity index (χ0v) is 12.3. The largest absolute Gasteiger partial charge is 0.441 e. The van der Waals surface area contributed by atoms with Crippen molar-refractivity contribution in [3.05, 3.63) is 0 Å². The topological polar surface area (TPSA) is 36.9 Å². The molecule has 0 aromatic heterocycles. The lowest BCUT2D eigenvalue weighted by Gasteiger charge is -2.24. The summed E-state index contributed by atoms with van der Waals surface area (Å²) in [6, 6.07) is 0. The van der Waals surface area contributed by atoms with E-state index in [0.717, 1.165) is 39.1 Å². The molecular weight excluding hydrogens is 291 g/mol. The molecule has 0 bridgehead atoms. The Balaban J connectivity index is 1.76. The van der Waals surface area contributed by atoms with Gasteiger partial charge in [-0.25, -0.2) is 0 Å². The van der Waals surface area contributed by atoms with E-state index >= 15 is 0 Å². The molecule has 20 heavy (non-hydrogen) atoms. The van der Waals surface area contributed by atoms with Crippen molar-refractivity contribution in [2.45, 2.75) is 18.3 Å². The molecule has 2 fully saturated rings. The Labute approximate surface area is 121 Å². The smallest absolute Gasteiger partial charge is 0.381 e. The van der Waals surface area contributed by atoms with Crippen molar-refractivity contribution in [2.24, 2.45) is 10.4 Å². The fourth-order valence-electron chi connectivity index (χ4n) is 2.75. The Kier molecular flexibility index (Phi) is 5.06. The number of halogens is 3. The van der Waals surface area contributed by atoms with Crippen molar-refractivity contribution in [1.29, 1.82) is 0 Å². The summed E-state index contributed by atoms with van der Waals surface area (Å²) in [6.45, 7) is 3.61. The third-order valence-corrected chi connectivity index (χ3v) is 4.52. The van der Waals surface area contributed by atoms with Crippen LogP contribution in [0, 0.1) is 5.41 Å². The van der Waals surface area contributed by atoms with Crippen molar-refractivity contribution in [1.82, 2.24) is 10.2 Å². The van der Waals surface area contributed by atoms with Crippen molar-refractivity contribution in [3.8, 4) is 0 Å². The SMILES string of the molecule is CN=C(NCCSC(F)(F)F)N1CCC2(CCOC2)C1. The molecule has 2 aliphatic rings. The second kappa shape index (κ2) is 6.43. The third kappa shape index (κ3) is 4.18. The Morgan fingerprint density at radius 3 is 2.85 bits per heavy atom. The first-order chi connectivity index (χ1) is 9.44. The first-order valence-corrected chi connectivity index (χ1v) is 7.67. The van der Waals surface area contributed by atoms with Gasteiger partial charge in [0.25, 0.3) is 0 Å². The van der Waals surface area contributed by atoms with Crippen LogP contribution in [0.1, 0.15) is 12.8 Å². The minimum Gasteiger partial charge on any atom is -0.381 e. The Morgan fingerprint density at radius 1 is 1.45 bits per heavy atom. The summed E-state index contributed by atoms with van der Waals surface area (Å²) in [4.78, 5) is 6.28. The zero-order chi connectivity index (χ0) is 14.6. The van der Waals surface area contributed by atoms with E-state index in [9.17, 15) is 13.2 Å². The molecule has 1 N–H and O–H groups in total. The summed E-state index contributed by atoms with van der Waals surface area (Å²) in [7, 11) is 1.66. The van der Waals surface area contributed by atoms with Gasteiger partial charge in [-0.05, 0) is 24.6 Å². The number of rotatable bonds is 3. The van der Waals surface area contributed by atoms with Crippen LogP contribution in [0.5, 0.6) is 0 Å². The van der Waals surface area contributed by atoms with E-state index in [1.54, 1.807) is 7.05 Å². The van der Waals surface area contributed by atoms with Crippen molar-refractivity contribution < 1.29 is 17.9 Å². The lowest BCUT2D eigenvalue weighted by atomic mass is 9.87. The van der Waals surface area contributed by atoms with Crippen LogP contribution in [0.2, 0.25) is 0 Å². The van der Waals surface area contributed by atoms with Gasteiger partial charge >= 0.3 is 5.51 Å². The molecule has 2 aliphatic heterocycles. The molecule has 4 nitrogen and oxygen atoms in total. The van der Waals surface area contributed by atoms with Gasteiger partial charge in [0.15, 0.2) is 5.96 Å². The van der Waals surface area contributed by atoms with Gasteiger partial charge in [0.2, 0.25) is 0 Å². The van der Waals surface area contributed by atoms with Crippen LogP contribution in [0.15, 0.2) is 4.99 Å². The van der Waals surface area contributed by atoms with E-state index in [1.807, 2.05) is 0 Å². The molecule has 2 saturated heterocycles. The molecule has 0 aliphatic carbocycles. The van der Waals surface area contributed by atoms with Gasteiger partial charge in [0.05, 0.1) is 6.61 Å². The first kappa shape index (κ1) is 15.8. The highest BCUT2D eigenvalue weighted by molar-refractivity contribution is 8.00. The van der Waals surface area contributed by atoms with Gasteiger partial charge in [-0.1, -0.05) is 0 Å². The zero-order valence-electron chi connectivity index (χ0n) is 11.5. The van der Waals surface area contributed by atoms with Crippen LogP contribution < -0.4 is 5.32 Å². The van der Waals surface area contributed by atoms with Crippen LogP contribution in [0.4, 0.5) is 13.2 Å². The third-order valence-electron chi connectivity index (χ3n) is 3.79. The Bertz CT molecular complexity index is 356. The molecule has 0 radical (unpaired) electrons. The number of hydrogen-bond acceptors (Lipinski definition) is 3. The van der Waals surface area contributed by atoms with Crippen LogP contribution >= 0.6 is 11.8 Å². The molecule has 8 heteroatoms. The molecule has 0 aromatic rings. The lowest BCUT2D eigenvalue weighted by Crippen LogP contribution is -2.42. The molecule has 1 unspecified atom stereocenters. The highest BCUT2D eigenvalue weighted by Gasteiger charge is 2.42. The van der Waals surface area contributed by atoms with Crippen LogP contribution in [-0.2, 0) is 4.74 Å². The van der Waals surface area contributed by atoms with E-state index < -0.39 is 5.51 Å². The minimum atomic E-state index is -4.16. The maximum Gasteiger partial charge on any atom is 0.441 e. The number of alkyl halides is 3. The molecule has 1 atom stereocenters. The summed E-state index contributed by atoms with van der Waals surface area (Å²) in [5, 5.41) is 3.00. The summed E-state index contributed by atoms with van der Waals surface area (Å²) >= 11 is -0.00863. The molecule has 0 saturated carbocycles. The number of guanidine groups is 1. The number of nitrogens with zero attached hydrogens (tertiary/aromatic N) is 2. The van der Waals surface area contributed by atoms with Crippen LogP contribution in [0.25, 0.3) is 0 Å². The van der Waals surface area contributed by atoms with Gasteiger partial charge in [0, 0.05) is 44.5 Å². The first-order valence-electron chi connectivity index (χ1n) is 6.68. The summed E-state index contributed by atoms with van der Waals surface area (Å²) in [5.74, 6) is 0.682. The van der Waals surface area contributed by atoms with Crippen LogP contribution in [0.3, 0.4) is 0 Å². The van der Waals surface area contributed by atoms with Crippen molar-refractivity contribution in [2.75, 3.05) is 45.6 Å². The standard InChI is InChI=1S/C12H20F3N3OS/c1-16-10(17-4-7-20-12(13,14)15)18-5-2-11(8-18)3-6-19-9-11/h2-9H2,1H3,(H,16,17). The minimum absolute atomic E-state index is 0.00863. The molecular formula is C12H20F3N3OS. The summed E-state index contributed by atoms with van der Waals surface area (Å²) < 4.78 is 41.6.